The van der Waals surface area contributed by atoms with E-state index in [9.17, 15) is 18.0 Å². The third-order valence-electron chi connectivity index (χ3n) is 3.19. The predicted molar refractivity (Wildman–Crippen MR) is 86.0 cm³/mol. The van der Waals surface area contributed by atoms with Crippen molar-refractivity contribution >= 4 is 23.1 Å². The summed E-state index contributed by atoms with van der Waals surface area (Å²) in [6.07, 6.45) is 1.17. The van der Waals surface area contributed by atoms with E-state index in [1.54, 1.807) is 0 Å². The minimum Gasteiger partial charge on any atom is -0.340 e. The largest absolute Gasteiger partial charge is 0.340 e. The molecule has 3 rings (SSSR count). The number of anilines is 3. The van der Waals surface area contributed by atoms with Crippen molar-refractivity contribution in [2.24, 2.45) is 0 Å². The second kappa shape index (κ2) is 7.00. The van der Waals surface area contributed by atoms with Crippen molar-refractivity contribution in [2.45, 2.75) is 0 Å². The van der Waals surface area contributed by atoms with Crippen LogP contribution in [0.2, 0.25) is 0 Å². The van der Waals surface area contributed by atoms with Gasteiger partial charge in [0.2, 0.25) is 0 Å². The van der Waals surface area contributed by atoms with Crippen LogP contribution in [-0.4, -0.2) is 15.9 Å². The van der Waals surface area contributed by atoms with Crippen molar-refractivity contribution in [3.63, 3.8) is 0 Å². The molecule has 1 aromatic heterocycles. The summed E-state index contributed by atoms with van der Waals surface area (Å²) in [7, 11) is 0. The summed E-state index contributed by atoms with van der Waals surface area (Å²) in [5, 5.41) is 5.31. The smallest absolute Gasteiger partial charge is 0.274 e. The molecule has 1 heterocycles. The number of benzene rings is 2. The number of hydrogen-bond donors (Lipinski definition) is 2. The Morgan fingerprint density at radius 2 is 1.56 bits per heavy atom. The summed E-state index contributed by atoms with van der Waals surface area (Å²) in [5.74, 6) is -2.75. The number of hydrogen-bond acceptors (Lipinski definition) is 4. The first kappa shape index (κ1) is 16.4. The van der Waals surface area contributed by atoms with Gasteiger partial charge in [-0.2, -0.15) is 0 Å². The maximum atomic E-state index is 13.2. The van der Waals surface area contributed by atoms with E-state index in [2.05, 4.69) is 20.6 Å². The SMILES string of the molecule is O=C(Nc1ccc(F)c(F)c1)c1cc(Nc2ccc(F)cc2)ncn1. The van der Waals surface area contributed by atoms with Gasteiger partial charge in [0.15, 0.2) is 11.6 Å². The topological polar surface area (TPSA) is 66.9 Å². The van der Waals surface area contributed by atoms with E-state index in [-0.39, 0.29) is 17.2 Å². The molecule has 0 bridgehead atoms. The predicted octanol–water partition coefficient (Wildman–Crippen LogP) is 3.89. The van der Waals surface area contributed by atoms with Gasteiger partial charge in [0.1, 0.15) is 23.7 Å². The fourth-order valence-electron chi connectivity index (χ4n) is 2.00. The van der Waals surface area contributed by atoms with Crippen LogP contribution in [-0.2, 0) is 0 Å². The Morgan fingerprint density at radius 3 is 2.28 bits per heavy atom. The third kappa shape index (κ3) is 4.11. The van der Waals surface area contributed by atoms with Gasteiger partial charge < -0.3 is 10.6 Å². The molecule has 1 amide bonds. The molecule has 0 atom stereocenters. The zero-order valence-corrected chi connectivity index (χ0v) is 12.6. The van der Waals surface area contributed by atoms with Crippen LogP contribution in [0.4, 0.5) is 30.4 Å². The zero-order chi connectivity index (χ0) is 17.8. The Labute approximate surface area is 140 Å². The van der Waals surface area contributed by atoms with Crippen LogP contribution in [0.25, 0.3) is 0 Å². The molecule has 25 heavy (non-hydrogen) atoms. The van der Waals surface area contributed by atoms with Gasteiger partial charge in [-0.05, 0) is 36.4 Å². The monoisotopic (exact) mass is 344 g/mol. The van der Waals surface area contributed by atoms with E-state index in [1.165, 1.54) is 42.7 Å². The number of amides is 1. The van der Waals surface area contributed by atoms with Gasteiger partial charge in [0, 0.05) is 23.5 Å². The van der Waals surface area contributed by atoms with Crippen LogP contribution in [0.15, 0.2) is 54.9 Å². The van der Waals surface area contributed by atoms with Crippen molar-refractivity contribution in [1.29, 1.82) is 0 Å². The summed E-state index contributed by atoms with van der Waals surface area (Å²) in [4.78, 5) is 20.0. The van der Waals surface area contributed by atoms with Gasteiger partial charge in [0.25, 0.3) is 5.91 Å². The van der Waals surface area contributed by atoms with E-state index in [4.69, 9.17) is 0 Å². The Hall–Kier alpha value is -3.42. The Balaban J connectivity index is 1.74. The second-order valence-corrected chi connectivity index (χ2v) is 5.00. The van der Waals surface area contributed by atoms with Crippen LogP contribution in [0.1, 0.15) is 10.5 Å². The van der Waals surface area contributed by atoms with Crippen molar-refractivity contribution in [2.75, 3.05) is 10.6 Å². The lowest BCUT2D eigenvalue weighted by Crippen LogP contribution is -2.14. The van der Waals surface area contributed by atoms with Gasteiger partial charge in [-0.15, -0.1) is 0 Å². The third-order valence-corrected chi connectivity index (χ3v) is 3.19. The first-order valence-electron chi connectivity index (χ1n) is 7.12. The Morgan fingerprint density at radius 1 is 0.840 bits per heavy atom. The minimum atomic E-state index is -1.07. The Bertz CT molecular complexity index is 916. The quantitative estimate of drug-likeness (QED) is 0.753. The highest BCUT2D eigenvalue weighted by Gasteiger charge is 2.11. The molecule has 0 aliphatic carbocycles. The molecule has 0 aliphatic heterocycles. The molecule has 0 spiro atoms. The van der Waals surface area contributed by atoms with Crippen LogP contribution in [0, 0.1) is 17.5 Å². The van der Waals surface area contributed by atoms with Crippen LogP contribution in [0.3, 0.4) is 0 Å². The van der Waals surface area contributed by atoms with Crippen molar-refractivity contribution in [3.8, 4) is 0 Å². The molecule has 0 unspecified atom stereocenters. The number of rotatable bonds is 4. The van der Waals surface area contributed by atoms with Gasteiger partial charge in [0.05, 0.1) is 0 Å². The summed E-state index contributed by atoms with van der Waals surface area (Å²) in [6, 6.07) is 9.96. The van der Waals surface area contributed by atoms with E-state index in [0.717, 1.165) is 12.1 Å². The highest BCUT2D eigenvalue weighted by atomic mass is 19.2. The molecule has 126 valence electrons. The number of carbonyl (C=O) groups excluding carboxylic acids is 1. The van der Waals surface area contributed by atoms with Crippen LogP contribution >= 0.6 is 0 Å². The minimum absolute atomic E-state index is 0.0179. The summed E-state index contributed by atoms with van der Waals surface area (Å²) in [6.45, 7) is 0. The molecule has 0 radical (unpaired) electrons. The first-order chi connectivity index (χ1) is 12.0. The maximum Gasteiger partial charge on any atom is 0.274 e. The molecular weight excluding hydrogens is 333 g/mol. The highest BCUT2D eigenvalue weighted by molar-refractivity contribution is 6.03. The number of halogens is 3. The number of aromatic nitrogens is 2. The number of nitrogens with zero attached hydrogens (tertiary/aromatic N) is 2. The zero-order valence-electron chi connectivity index (χ0n) is 12.6. The fraction of sp³-hybridized carbons (Fsp3) is 0. The van der Waals surface area contributed by atoms with E-state index in [1.807, 2.05) is 0 Å². The molecule has 0 aliphatic rings. The number of carbonyl (C=O) groups is 1. The average molecular weight is 344 g/mol. The molecule has 3 aromatic rings. The summed E-state index contributed by atoms with van der Waals surface area (Å²) < 4.78 is 39.0. The van der Waals surface area contributed by atoms with Gasteiger partial charge >= 0.3 is 0 Å². The van der Waals surface area contributed by atoms with E-state index < -0.39 is 17.5 Å². The first-order valence-corrected chi connectivity index (χ1v) is 7.12. The molecule has 2 N–H and O–H groups in total. The van der Waals surface area contributed by atoms with E-state index >= 15 is 0 Å². The van der Waals surface area contributed by atoms with Gasteiger partial charge in [-0.25, -0.2) is 23.1 Å². The molecule has 8 heteroatoms. The summed E-state index contributed by atoms with van der Waals surface area (Å²) in [5.41, 5.74) is 0.687. The van der Waals surface area contributed by atoms with E-state index in [0.29, 0.717) is 11.5 Å². The van der Waals surface area contributed by atoms with Crippen LogP contribution in [0.5, 0.6) is 0 Å². The lowest BCUT2D eigenvalue weighted by Gasteiger charge is -2.08. The lowest BCUT2D eigenvalue weighted by molar-refractivity contribution is 0.102. The lowest BCUT2D eigenvalue weighted by atomic mass is 10.2. The molecule has 5 nitrogen and oxygen atoms in total. The van der Waals surface area contributed by atoms with Gasteiger partial charge in [-0.1, -0.05) is 0 Å². The van der Waals surface area contributed by atoms with Gasteiger partial charge in [-0.3, -0.25) is 4.79 Å². The normalized spacial score (nSPS) is 10.4. The highest BCUT2D eigenvalue weighted by Crippen LogP contribution is 2.17. The molecule has 0 fully saturated rings. The number of nitrogens with one attached hydrogen (secondary N) is 2. The second-order valence-electron chi connectivity index (χ2n) is 5.00. The summed E-state index contributed by atoms with van der Waals surface area (Å²) >= 11 is 0. The standard InChI is InChI=1S/C17H11F3N4O/c18-10-1-3-11(4-2-10)23-16-8-15(21-9-22-16)17(25)24-12-5-6-13(19)14(20)7-12/h1-9H,(H,24,25)(H,21,22,23). The molecular formula is C17H11F3N4O. The average Bonchev–Trinajstić information content (AvgIpc) is 2.60. The Kier molecular flexibility index (Phi) is 4.60. The van der Waals surface area contributed by atoms with Crippen molar-refractivity contribution in [1.82, 2.24) is 9.97 Å². The maximum absolute atomic E-state index is 13.2. The molecule has 2 aromatic carbocycles. The fourth-order valence-corrected chi connectivity index (χ4v) is 2.00. The van der Waals surface area contributed by atoms with Crippen molar-refractivity contribution < 1.29 is 18.0 Å². The molecule has 0 saturated carbocycles. The van der Waals surface area contributed by atoms with Crippen LogP contribution < -0.4 is 10.6 Å². The van der Waals surface area contributed by atoms with Crippen molar-refractivity contribution in [3.05, 3.63) is 78.0 Å². The molecule has 0 saturated heterocycles.